The molecule has 0 aliphatic carbocycles. The first kappa shape index (κ1) is 8.88. The van der Waals surface area contributed by atoms with E-state index in [1.807, 2.05) is 0 Å². The van der Waals surface area contributed by atoms with E-state index in [1.165, 1.54) is 0 Å². The van der Waals surface area contributed by atoms with Crippen molar-refractivity contribution in [2.45, 2.75) is 19.4 Å². The van der Waals surface area contributed by atoms with Crippen LogP contribution in [0.25, 0.3) is 0 Å². The molecule has 0 heterocycles. The van der Waals surface area contributed by atoms with Crippen LogP contribution in [0.3, 0.4) is 0 Å². The predicted molar refractivity (Wildman–Crippen MR) is 34.0 cm³/mol. The molecule has 0 bridgehead atoms. The zero-order valence-electron chi connectivity index (χ0n) is 5.62. The van der Waals surface area contributed by atoms with Gasteiger partial charge in [0.15, 0.2) is 0 Å². The van der Waals surface area contributed by atoms with Crippen molar-refractivity contribution < 1.29 is 15.3 Å². The van der Waals surface area contributed by atoms with Gasteiger partial charge in [0.1, 0.15) is 0 Å². The maximum absolute atomic E-state index is 8.76. The van der Waals surface area contributed by atoms with E-state index in [1.54, 1.807) is 6.92 Å². The molecule has 0 fully saturated rings. The monoisotopic (exact) mass is 134 g/mol. The summed E-state index contributed by atoms with van der Waals surface area (Å²) in [6.07, 6.45) is 0.0294. The minimum Gasteiger partial charge on any atom is -0.396 e. The summed E-state index contributed by atoms with van der Waals surface area (Å²) >= 11 is 0. The number of hydrogen-bond acceptors (Lipinski definition) is 3. The van der Waals surface area contributed by atoms with Gasteiger partial charge in [0, 0.05) is 19.1 Å². The summed E-state index contributed by atoms with van der Waals surface area (Å²) in [5, 5.41) is 25.8. The Morgan fingerprint density at radius 2 is 1.67 bits per heavy atom. The zero-order valence-corrected chi connectivity index (χ0v) is 5.62. The van der Waals surface area contributed by atoms with E-state index in [-0.39, 0.29) is 19.1 Å². The number of hydrogen-bond donors (Lipinski definition) is 3. The van der Waals surface area contributed by atoms with Gasteiger partial charge < -0.3 is 15.3 Å². The van der Waals surface area contributed by atoms with Crippen molar-refractivity contribution in [3.63, 3.8) is 0 Å². The van der Waals surface area contributed by atoms with Gasteiger partial charge in [-0.15, -0.1) is 0 Å². The van der Waals surface area contributed by atoms with E-state index in [2.05, 4.69) is 0 Å². The average Bonchev–Trinajstić information content (AvgIpc) is 1.82. The molecule has 3 heteroatoms. The van der Waals surface area contributed by atoms with Crippen LogP contribution in [0.15, 0.2) is 0 Å². The van der Waals surface area contributed by atoms with Crippen LogP contribution in [0.1, 0.15) is 13.3 Å². The lowest BCUT2D eigenvalue weighted by atomic mass is 10.1. The van der Waals surface area contributed by atoms with Crippen LogP contribution >= 0.6 is 0 Å². The molecule has 9 heavy (non-hydrogen) atoms. The van der Waals surface area contributed by atoms with Crippen LogP contribution in [0.4, 0.5) is 0 Å². The van der Waals surface area contributed by atoms with Gasteiger partial charge in [-0.1, -0.05) is 0 Å². The fourth-order valence-corrected chi connectivity index (χ4v) is 0.689. The predicted octanol–water partition coefficient (Wildman–Crippen LogP) is -0.642. The van der Waals surface area contributed by atoms with E-state index in [4.69, 9.17) is 15.3 Å². The maximum Gasteiger partial charge on any atom is 0.0516 e. The summed E-state index contributed by atoms with van der Waals surface area (Å²) in [7, 11) is 0. The van der Waals surface area contributed by atoms with Crippen molar-refractivity contribution in [3.8, 4) is 0 Å². The van der Waals surface area contributed by atoms with Crippen molar-refractivity contribution in [2.75, 3.05) is 13.2 Å². The molecule has 3 nitrogen and oxygen atoms in total. The Morgan fingerprint density at radius 3 is 1.78 bits per heavy atom. The molecular weight excluding hydrogens is 120 g/mol. The SMILES string of the molecule is CC(O)CC(CO)CO. The largest absolute Gasteiger partial charge is 0.396 e. The molecule has 1 unspecified atom stereocenters. The van der Waals surface area contributed by atoms with E-state index in [0.29, 0.717) is 6.42 Å². The molecule has 56 valence electrons. The minimum absolute atomic E-state index is 0.0542. The first-order valence-corrected chi connectivity index (χ1v) is 3.10. The van der Waals surface area contributed by atoms with Crippen LogP contribution in [0, 0.1) is 5.92 Å². The molecule has 0 aromatic rings. The van der Waals surface area contributed by atoms with Crippen LogP contribution < -0.4 is 0 Å². The summed E-state index contributed by atoms with van der Waals surface area (Å²) in [5.74, 6) is -0.162. The third-order valence-electron chi connectivity index (χ3n) is 1.19. The lowest BCUT2D eigenvalue weighted by molar-refractivity contribution is 0.0917. The molecule has 3 N–H and O–H groups in total. The highest BCUT2D eigenvalue weighted by Crippen LogP contribution is 2.03. The third-order valence-corrected chi connectivity index (χ3v) is 1.19. The summed E-state index contributed by atoms with van der Waals surface area (Å²) in [5.41, 5.74) is 0. The molecule has 0 radical (unpaired) electrons. The molecular formula is C6H14O3. The molecule has 0 aliphatic rings. The van der Waals surface area contributed by atoms with Gasteiger partial charge in [-0.25, -0.2) is 0 Å². The Hall–Kier alpha value is -0.120. The van der Waals surface area contributed by atoms with Crippen molar-refractivity contribution >= 4 is 0 Å². The molecule has 0 aromatic heterocycles. The molecule has 0 spiro atoms. The molecule has 0 amide bonds. The molecule has 0 aliphatic heterocycles. The second-order valence-corrected chi connectivity index (χ2v) is 2.32. The van der Waals surface area contributed by atoms with Crippen LogP contribution in [0.2, 0.25) is 0 Å². The Morgan fingerprint density at radius 1 is 1.22 bits per heavy atom. The summed E-state index contributed by atoms with van der Waals surface area (Å²) < 4.78 is 0. The Balaban J connectivity index is 3.31. The standard InChI is InChI=1S/C6H14O3/c1-5(9)2-6(3-7)4-8/h5-9H,2-4H2,1H3. The zero-order chi connectivity index (χ0) is 7.28. The summed E-state index contributed by atoms with van der Waals surface area (Å²) in [4.78, 5) is 0. The molecule has 0 rings (SSSR count). The molecule has 0 saturated heterocycles. The Labute approximate surface area is 54.9 Å². The highest BCUT2D eigenvalue weighted by molar-refractivity contribution is 4.58. The third kappa shape index (κ3) is 4.39. The van der Waals surface area contributed by atoms with Crippen LogP contribution in [-0.4, -0.2) is 34.6 Å². The summed E-state index contributed by atoms with van der Waals surface area (Å²) in [6.45, 7) is 1.53. The van der Waals surface area contributed by atoms with Gasteiger partial charge in [0.05, 0.1) is 6.10 Å². The van der Waals surface area contributed by atoms with Gasteiger partial charge in [-0.2, -0.15) is 0 Å². The highest BCUT2D eigenvalue weighted by Gasteiger charge is 2.07. The Kier molecular flexibility index (Phi) is 4.67. The highest BCUT2D eigenvalue weighted by atomic mass is 16.3. The lowest BCUT2D eigenvalue weighted by Gasteiger charge is -2.11. The fraction of sp³-hybridized carbons (Fsp3) is 1.00. The smallest absolute Gasteiger partial charge is 0.0516 e. The Bertz CT molecular complexity index is 59.3. The molecule has 0 saturated carbocycles. The fourth-order valence-electron chi connectivity index (χ4n) is 0.689. The number of aliphatic hydroxyl groups excluding tert-OH is 3. The first-order valence-electron chi connectivity index (χ1n) is 3.10. The van der Waals surface area contributed by atoms with Crippen molar-refractivity contribution in [2.24, 2.45) is 5.92 Å². The molecule has 1 atom stereocenters. The van der Waals surface area contributed by atoms with Gasteiger partial charge in [-0.3, -0.25) is 0 Å². The van der Waals surface area contributed by atoms with Crippen LogP contribution in [-0.2, 0) is 0 Å². The van der Waals surface area contributed by atoms with Crippen molar-refractivity contribution in [1.82, 2.24) is 0 Å². The van der Waals surface area contributed by atoms with E-state index >= 15 is 0 Å². The van der Waals surface area contributed by atoms with E-state index in [9.17, 15) is 0 Å². The van der Waals surface area contributed by atoms with E-state index in [0.717, 1.165) is 0 Å². The topological polar surface area (TPSA) is 60.7 Å². The lowest BCUT2D eigenvalue weighted by Crippen LogP contribution is -2.16. The van der Waals surface area contributed by atoms with Gasteiger partial charge in [0.2, 0.25) is 0 Å². The quantitative estimate of drug-likeness (QED) is 0.479. The number of rotatable bonds is 4. The van der Waals surface area contributed by atoms with Crippen molar-refractivity contribution in [1.29, 1.82) is 0 Å². The maximum atomic E-state index is 8.76. The van der Waals surface area contributed by atoms with Crippen LogP contribution in [0.5, 0.6) is 0 Å². The molecule has 0 aromatic carbocycles. The number of aliphatic hydroxyl groups is 3. The van der Waals surface area contributed by atoms with E-state index < -0.39 is 6.10 Å². The second kappa shape index (κ2) is 4.73. The van der Waals surface area contributed by atoms with Crippen molar-refractivity contribution in [3.05, 3.63) is 0 Å². The summed E-state index contributed by atoms with van der Waals surface area (Å²) in [6, 6.07) is 0. The van der Waals surface area contributed by atoms with Gasteiger partial charge in [-0.05, 0) is 13.3 Å². The second-order valence-electron chi connectivity index (χ2n) is 2.32. The normalized spacial score (nSPS) is 14.3. The average molecular weight is 134 g/mol. The van der Waals surface area contributed by atoms with Gasteiger partial charge >= 0.3 is 0 Å². The van der Waals surface area contributed by atoms with Gasteiger partial charge in [0.25, 0.3) is 0 Å². The minimum atomic E-state index is -0.436. The first-order chi connectivity index (χ1) is 4.20.